The minimum Gasteiger partial charge on any atom is -0.378 e. The zero-order valence-electron chi connectivity index (χ0n) is 24.4. The fraction of sp³-hybridized carbons (Fsp3) is 0.303. The van der Waals surface area contributed by atoms with Gasteiger partial charge in [0.25, 0.3) is 5.89 Å². The van der Waals surface area contributed by atoms with Crippen LogP contribution in [0.4, 0.5) is 23.2 Å². The number of anilines is 1. The van der Waals surface area contributed by atoms with E-state index in [1.165, 1.54) is 18.2 Å². The molecule has 1 aliphatic rings. The molecule has 0 spiro atoms. The van der Waals surface area contributed by atoms with Gasteiger partial charge < -0.3 is 18.7 Å². The second kappa shape index (κ2) is 11.2. The molecule has 44 heavy (non-hydrogen) atoms. The first kappa shape index (κ1) is 29.6. The molecule has 1 atom stereocenters. The Morgan fingerprint density at radius 1 is 0.932 bits per heavy atom. The number of halogens is 4. The van der Waals surface area contributed by atoms with Crippen LogP contribution >= 0.6 is 0 Å². The van der Waals surface area contributed by atoms with Crippen LogP contribution in [0, 0.1) is 5.82 Å². The number of morpholine rings is 1. The van der Waals surface area contributed by atoms with Gasteiger partial charge in [0.2, 0.25) is 5.43 Å². The number of rotatable bonds is 6. The van der Waals surface area contributed by atoms with E-state index in [1.54, 1.807) is 23.8 Å². The van der Waals surface area contributed by atoms with Crippen molar-refractivity contribution in [2.75, 3.05) is 31.2 Å². The van der Waals surface area contributed by atoms with Gasteiger partial charge in [-0.15, -0.1) is 0 Å². The molecule has 3 heterocycles. The minimum atomic E-state index is -4.48. The van der Waals surface area contributed by atoms with Crippen LogP contribution in [0.25, 0.3) is 22.4 Å². The number of ether oxygens (including phenoxy) is 1. The molecule has 0 radical (unpaired) electrons. The van der Waals surface area contributed by atoms with Crippen molar-refractivity contribution in [2.45, 2.75) is 38.4 Å². The van der Waals surface area contributed by atoms with Gasteiger partial charge in [0, 0.05) is 24.7 Å². The molecule has 7 nitrogen and oxygen atoms in total. The first-order chi connectivity index (χ1) is 20.9. The van der Waals surface area contributed by atoms with Gasteiger partial charge in [-0.3, -0.25) is 4.79 Å². The average molecular weight is 607 g/mol. The third kappa shape index (κ3) is 5.36. The van der Waals surface area contributed by atoms with Crippen LogP contribution in [-0.2, 0) is 16.3 Å². The molecule has 2 aromatic heterocycles. The fourth-order valence-corrected chi connectivity index (χ4v) is 5.56. The Hall–Kier alpha value is -4.51. The molecule has 0 N–H and O–H groups in total. The molecule has 3 aromatic carbocycles. The van der Waals surface area contributed by atoms with E-state index < -0.39 is 34.4 Å². The standard InChI is InChI=1S/C33H30F4N4O3/c1-20(21-9-11-23(12-10-21)33(35,36)37)41-19-25(30-38-31(39-44-30)32(2,3)22-7-5-4-6-8-22)29(42)24-17-26(34)28(18-27(24)41)40-13-15-43-16-14-40/h4-12,17-20H,13-16H2,1-3H3/t20-/m0/s1. The van der Waals surface area contributed by atoms with E-state index in [9.17, 15) is 18.0 Å². The molecule has 5 aromatic rings. The van der Waals surface area contributed by atoms with E-state index in [-0.39, 0.29) is 16.8 Å². The summed E-state index contributed by atoms with van der Waals surface area (Å²) in [4.78, 5) is 20.3. The van der Waals surface area contributed by atoms with Crippen LogP contribution in [0.15, 0.2) is 82.2 Å². The van der Waals surface area contributed by atoms with Crippen LogP contribution in [-0.4, -0.2) is 41.0 Å². The molecule has 0 bridgehead atoms. The van der Waals surface area contributed by atoms with Gasteiger partial charge >= 0.3 is 6.18 Å². The number of hydrogen-bond donors (Lipinski definition) is 0. The normalized spacial score (nSPS) is 15.1. The number of fused-ring (bicyclic) bond motifs is 1. The molecule has 0 aliphatic carbocycles. The smallest absolute Gasteiger partial charge is 0.378 e. The molecule has 1 aliphatic heterocycles. The lowest BCUT2D eigenvalue weighted by Gasteiger charge is -2.30. The van der Waals surface area contributed by atoms with Gasteiger partial charge in [0.05, 0.1) is 41.4 Å². The summed E-state index contributed by atoms with van der Waals surface area (Å²) < 4.78 is 68.2. The molecule has 1 fully saturated rings. The predicted octanol–water partition coefficient (Wildman–Crippen LogP) is 6.98. The largest absolute Gasteiger partial charge is 0.416 e. The zero-order valence-corrected chi connectivity index (χ0v) is 24.4. The Kier molecular flexibility index (Phi) is 7.53. The number of pyridine rings is 1. The highest BCUT2D eigenvalue weighted by Crippen LogP contribution is 2.35. The van der Waals surface area contributed by atoms with Gasteiger partial charge in [-0.05, 0) is 56.2 Å². The number of aromatic nitrogens is 3. The molecule has 0 amide bonds. The van der Waals surface area contributed by atoms with Crippen molar-refractivity contribution >= 4 is 16.6 Å². The number of benzene rings is 3. The monoisotopic (exact) mass is 606 g/mol. The summed E-state index contributed by atoms with van der Waals surface area (Å²) >= 11 is 0. The Balaban J connectivity index is 1.51. The quantitative estimate of drug-likeness (QED) is 0.194. The maximum Gasteiger partial charge on any atom is 0.416 e. The van der Waals surface area contributed by atoms with Crippen molar-refractivity contribution in [2.24, 2.45) is 0 Å². The van der Waals surface area contributed by atoms with Gasteiger partial charge in [-0.2, -0.15) is 18.2 Å². The minimum absolute atomic E-state index is 0.0399. The molecule has 6 rings (SSSR count). The van der Waals surface area contributed by atoms with Crippen molar-refractivity contribution in [1.29, 1.82) is 0 Å². The summed E-state index contributed by atoms with van der Waals surface area (Å²) in [6.45, 7) is 7.48. The van der Waals surface area contributed by atoms with Crippen LogP contribution < -0.4 is 10.3 Å². The van der Waals surface area contributed by atoms with Crippen molar-refractivity contribution in [3.63, 3.8) is 0 Å². The summed E-state index contributed by atoms with van der Waals surface area (Å²) in [5, 5.41) is 4.27. The van der Waals surface area contributed by atoms with Crippen LogP contribution in [0.3, 0.4) is 0 Å². The Morgan fingerprint density at radius 2 is 1.61 bits per heavy atom. The zero-order chi connectivity index (χ0) is 31.2. The van der Waals surface area contributed by atoms with Gasteiger partial charge in [0.15, 0.2) is 5.82 Å². The summed E-state index contributed by atoms with van der Waals surface area (Å²) in [6.07, 6.45) is -2.92. The van der Waals surface area contributed by atoms with E-state index in [0.717, 1.165) is 17.7 Å². The van der Waals surface area contributed by atoms with E-state index >= 15 is 4.39 Å². The Labute approximate surface area is 250 Å². The molecular formula is C33H30F4N4O3. The fourth-order valence-electron chi connectivity index (χ4n) is 5.56. The molecular weight excluding hydrogens is 576 g/mol. The lowest BCUT2D eigenvalue weighted by Crippen LogP contribution is -2.36. The summed E-state index contributed by atoms with van der Waals surface area (Å²) in [6, 6.07) is 16.7. The summed E-state index contributed by atoms with van der Waals surface area (Å²) in [5.74, 6) is -0.255. The topological polar surface area (TPSA) is 73.4 Å². The lowest BCUT2D eigenvalue weighted by atomic mass is 9.84. The van der Waals surface area contributed by atoms with E-state index in [0.29, 0.717) is 48.9 Å². The highest BCUT2D eigenvalue weighted by molar-refractivity contribution is 5.86. The Morgan fingerprint density at radius 3 is 2.27 bits per heavy atom. The molecule has 1 saturated heterocycles. The van der Waals surface area contributed by atoms with Crippen molar-refractivity contribution in [1.82, 2.24) is 14.7 Å². The van der Waals surface area contributed by atoms with Crippen LogP contribution in [0.2, 0.25) is 0 Å². The number of hydrogen-bond acceptors (Lipinski definition) is 6. The Bertz CT molecular complexity index is 1860. The third-order valence-corrected chi connectivity index (χ3v) is 8.30. The maximum atomic E-state index is 15.6. The molecule has 228 valence electrons. The first-order valence-corrected chi connectivity index (χ1v) is 14.2. The SMILES string of the molecule is C[C@@H](c1ccc(C(F)(F)F)cc1)n1cc(-c2nc(C(C)(C)c3ccccc3)no2)c(=O)c2cc(F)c(N3CCOCC3)cc21. The second-order valence-electron chi connectivity index (χ2n) is 11.4. The van der Waals surface area contributed by atoms with E-state index in [4.69, 9.17) is 9.26 Å². The third-order valence-electron chi connectivity index (χ3n) is 8.30. The van der Waals surface area contributed by atoms with Crippen molar-refractivity contribution < 1.29 is 26.8 Å². The number of nitrogens with zero attached hydrogens (tertiary/aromatic N) is 4. The number of alkyl halides is 3. The predicted molar refractivity (Wildman–Crippen MR) is 158 cm³/mol. The molecule has 0 unspecified atom stereocenters. The second-order valence-corrected chi connectivity index (χ2v) is 11.4. The van der Waals surface area contributed by atoms with Crippen molar-refractivity contribution in [3.05, 3.63) is 111 Å². The van der Waals surface area contributed by atoms with Gasteiger partial charge in [-0.1, -0.05) is 47.6 Å². The summed E-state index contributed by atoms with van der Waals surface area (Å²) in [7, 11) is 0. The van der Waals surface area contributed by atoms with E-state index in [1.807, 2.05) is 49.1 Å². The average Bonchev–Trinajstić information content (AvgIpc) is 3.53. The van der Waals surface area contributed by atoms with Crippen LogP contribution in [0.5, 0.6) is 0 Å². The van der Waals surface area contributed by atoms with E-state index in [2.05, 4.69) is 10.1 Å². The van der Waals surface area contributed by atoms with Gasteiger partial charge in [-0.25, -0.2) is 4.39 Å². The summed E-state index contributed by atoms with van der Waals surface area (Å²) in [5.41, 5.74) is 0.359. The highest BCUT2D eigenvalue weighted by atomic mass is 19.4. The first-order valence-electron chi connectivity index (χ1n) is 14.2. The molecule has 11 heteroatoms. The highest BCUT2D eigenvalue weighted by Gasteiger charge is 2.32. The van der Waals surface area contributed by atoms with Gasteiger partial charge in [0.1, 0.15) is 11.4 Å². The lowest BCUT2D eigenvalue weighted by molar-refractivity contribution is -0.137. The maximum absolute atomic E-state index is 15.6. The van der Waals surface area contributed by atoms with Crippen LogP contribution in [0.1, 0.15) is 49.3 Å². The van der Waals surface area contributed by atoms with Crippen molar-refractivity contribution in [3.8, 4) is 11.5 Å². The molecule has 0 saturated carbocycles.